The van der Waals surface area contributed by atoms with E-state index in [0.29, 0.717) is 5.56 Å². The molecule has 68 valence electrons. The molecule has 1 rings (SSSR count). The molecular formula is C8H4Cl2FNO. The third-order valence-electron chi connectivity index (χ3n) is 1.40. The molecule has 0 amide bonds. The first-order valence-corrected chi connectivity index (χ1v) is 4.08. The van der Waals surface area contributed by atoms with Crippen LogP contribution in [-0.2, 0) is 11.3 Å². The Balaban J connectivity index is 3.07. The molecule has 0 saturated heterocycles. The van der Waals surface area contributed by atoms with Crippen LogP contribution in [0.15, 0.2) is 17.1 Å². The average molecular weight is 220 g/mol. The lowest BCUT2D eigenvalue weighted by Gasteiger charge is -2.01. The van der Waals surface area contributed by atoms with Crippen LogP contribution in [0.5, 0.6) is 0 Å². The van der Waals surface area contributed by atoms with Gasteiger partial charge in [-0.1, -0.05) is 23.2 Å². The molecule has 0 atom stereocenters. The smallest absolute Gasteiger partial charge is 0.211 e. The number of nitrogens with zero attached hydrogens (tertiary/aromatic N) is 1. The van der Waals surface area contributed by atoms with Gasteiger partial charge in [0, 0.05) is 5.02 Å². The number of carbonyl (C=O) groups excluding carboxylic acids is 1. The van der Waals surface area contributed by atoms with Gasteiger partial charge in [-0.3, -0.25) is 0 Å². The predicted molar refractivity (Wildman–Crippen MR) is 48.2 cm³/mol. The van der Waals surface area contributed by atoms with Crippen LogP contribution in [0.3, 0.4) is 0 Å². The molecule has 0 heterocycles. The minimum Gasteiger partial charge on any atom is -0.211 e. The van der Waals surface area contributed by atoms with E-state index < -0.39 is 5.82 Å². The summed E-state index contributed by atoms with van der Waals surface area (Å²) < 4.78 is 12.8. The van der Waals surface area contributed by atoms with Crippen molar-refractivity contribution in [3.8, 4) is 0 Å². The third kappa shape index (κ3) is 2.52. The first kappa shape index (κ1) is 10.2. The Bertz CT molecular complexity index is 375. The normalized spacial score (nSPS) is 9.46. The van der Waals surface area contributed by atoms with Crippen LogP contribution in [0, 0.1) is 5.82 Å². The lowest BCUT2D eigenvalue weighted by atomic mass is 10.2. The predicted octanol–water partition coefficient (Wildman–Crippen LogP) is 2.97. The highest BCUT2D eigenvalue weighted by Gasteiger charge is 2.05. The first-order valence-electron chi connectivity index (χ1n) is 3.32. The molecule has 0 unspecified atom stereocenters. The first-order chi connectivity index (χ1) is 6.15. The van der Waals surface area contributed by atoms with Gasteiger partial charge in [0.15, 0.2) is 0 Å². The lowest BCUT2D eigenvalue weighted by molar-refractivity contribution is 0.563. The van der Waals surface area contributed by atoms with Crippen molar-refractivity contribution in [1.29, 1.82) is 0 Å². The Hall–Kier alpha value is -0.890. The van der Waals surface area contributed by atoms with Gasteiger partial charge in [-0.05, 0) is 17.7 Å². The highest BCUT2D eigenvalue weighted by molar-refractivity contribution is 6.33. The molecule has 0 aliphatic rings. The number of hydrogen-bond donors (Lipinski definition) is 0. The molecule has 0 N–H and O–H groups in total. The second kappa shape index (κ2) is 4.38. The maximum absolute atomic E-state index is 12.8. The number of aliphatic imine (C=N–C) groups is 1. The quantitative estimate of drug-likeness (QED) is 0.428. The summed E-state index contributed by atoms with van der Waals surface area (Å²) in [5.41, 5.74) is 0.497. The van der Waals surface area contributed by atoms with Gasteiger partial charge in [-0.15, -0.1) is 0 Å². The molecule has 1 aromatic rings. The van der Waals surface area contributed by atoms with E-state index >= 15 is 0 Å². The summed E-state index contributed by atoms with van der Waals surface area (Å²) in [5.74, 6) is -0.592. The number of isocyanates is 1. The minimum absolute atomic E-state index is 0.0412. The van der Waals surface area contributed by atoms with Crippen molar-refractivity contribution in [2.45, 2.75) is 6.54 Å². The van der Waals surface area contributed by atoms with E-state index in [1.807, 2.05) is 0 Å². The standard InChI is InChI=1S/C8H4Cl2FNO/c9-6-2-8(11)7(10)1-5(6)3-12-4-13/h1-2H,3H2. The van der Waals surface area contributed by atoms with Crippen LogP contribution in [0.2, 0.25) is 10.0 Å². The second-order valence-corrected chi connectivity index (χ2v) is 3.08. The van der Waals surface area contributed by atoms with E-state index in [4.69, 9.17) is 23.2 Å². The van der Waals surface area contributed by atoms with E-state index in [1.165, 1.54) is 12.1 Å². The molecule has 1 aromatic carbocycles. The van der Waals surface area contributed by atoms with Crippen LogP contribution in [-0.4, -0.2) is 6.08 Å². The average Bonchev–Trinajstić information content (AvgIpc) is 2.09. The fourth-order valence-electron chi connectivity index (χ4n) is 0.802. The summed E-state index contributed by atoms with van der Waals surface area (Å²) in [7, 11) is 0. The lowest BCUT2D eigenvalue weighted by Crippen LogP contribution is -1.86. The van der Waals surface area contributed by atoms with Gasteiger partial charge in [0.05, 0.1) is 11.6 Å². The van der Waals surface area contributed by atoms with Crippen LogP contribution in [0.4, 0.5) is 4.39 Å². The van der Waals surface area contributed by atoms with E-state index in [9.17, 15) is 9.18 Å². The number of rotatable bonds is 2. The fourth-order valence-corrected chi connectivity index (χ4v) is 1.20. The zero-order valence-electron chi connectivity index (χ0n) is 6.35. The number of hydrogen-bond acceptors (Lipinski definition) is 2. The molecule has 0 radical (unpaired) electrons. The van der Waals surface area contributed by atoms with Crippen molar-refractivity contribution in [2.24, 2.45) is 4.99 Å². The van der Waals surface area contributed by atoms with Gasteiger partial charge in [-0.25, -0.2) is 14.2 Å². The van der Waals surface area contributed by atoms with Gasteiger partial charge in [0.1, 0.15) is 5.82 Å². The zero-order valence-corrected chi connectivity index (χ0v) is 7.86. The Morgan fingerprint density at radius 3 is 2.69 bits per heavy atom. The zero-order chi connectivity index (χ0) is 9.84. The van der Waals surface area contributed by atoms with Crippen molar-refractivity contribution < 1.29 is 9.18 Å². The van der Waals surface area contributed by atoms with Crippen molar-refractivity contribution >= 4 is 29.3 Å². The molecule has 2 nitrogen and oxygen atoms in total. The monoisotopic (exact) mass is 219 g/mol. The molecule has 0 spiro atoms. The highest BCUT2D eigenvalue weighted by atomic mass is 35.5. The van der Waals surface area contributed by atoms with Crippen LogP contribution >= 0.6 is 23.2 Å². The molecule has 13 heavy (non-hydrogen) atoms. The molecule has 0 aromatic heterocycles. The van der Waals surface area contributed by atoms with E-state index in [0.717, 1.165) is 6.07 Å². The summed E-state index contributed by atoms with van der Waals surface area (Å²) in [6, 6.07) is 2.42. The van der Waals surface area contributed by atoms with E-state index in [1.54, 1.807) is 0 Å². The maximum Gasteiger partial charge on any atom is 0.235 e. The summed E-state index contributed by atoms with van der Waals surface area (Å²) in [6.07, 6.45) is 1.36. The molecular weight excluding hydrogens is 216 g/mol. The van der Waals surface area contributed by atoms with Gasteiger partial charge in [0.25, 0.3) is 0 Å². The third-order valence-corrected chi connectivity index (χ3v) is 2.04. The minimum atomic E-state index is -0.592. The summed E-state index contributed by atoms with van der Waals surface area (Å²) >= 11 is 11.1. The number of halogens is 3. The number of benzene rings is 1. The Kier molecular flexibility index (Phi) is 3.43. The van der Waals surface area contributed by atoms with Crippen molar-refractivity contribution in [1.82, 2.24) is 0 Å². The van der Waals surface area contributed by atoms with Crippen molar-refractivity contribution in [2.75, 3.05) is 0 Å². The van der Waals surface area contributed by atoms with Crippen LogP contribution < -0.4 is 0 Å². The highest BCUT2D eigenvalue weighted by Crippen LogP contribution is 2.24. The second-order valence-electron chi connectivity index (χ2n) is 2.27. The molecule has 5 heteroatoms. The van der Waals surface area contributed by atoms with Gasteiger partial charge in [0.2, 0.25) is 6.08 Å². The van der Waals surface area contributed by atoms with E-state index in [2.05, 4.69) is 4.99 Å². The summed E-state index contributed by atoms with van der Waals surface area (Å²) in [6.45, 7) is 0.0579. The maximum atomic E-state index is 12.8. The summed E-state index contributed by atoms with van der Waals surface area (Å²) in [4.78, 5) is 13.1. The molecule has 0 aliphatic heterocycles. The van der Waals surface area contributed by atoms with Crippen molar-refractivity contribution in [3.05, 3.63) is 33.6 Å². The van der Waals surface area contributed by atoms with Crippen molar-refractivity contribution in [3.63, 3.8) is 0 Å². The van der Waals surface area contributed by atoms with Gasteiger partial charge >= 0.3 is 0 Å². The van der Waals surface area contributed by atoms with E-state index in [-0.39, 0.29) is 16.6 Å². The Labute approximate surface area is 84.0 Å². The van der Waals surface area contributed by atoms with Gasteiger partial charge in [-0.2, -0.15) is 0 Å². The fraction of sp³-hybridized carbons (Fsp3) is 0.125. The summed E-state index contributed by atoms with van der Waals surface area (Å²) in [5, 5.41) is 0.154. The van der Waals surface area contributed by atoms with Gasteiger partial charge < -0.3 is 0 Å². The molecule has 0 bridgehead atoms. The Morgan fingerprint density at radius 1 is 1.38 bits per heavy atom. The SMILES string of the molecule is O=C=NCc1cc(Cl)c(F)cc1Cl. The molecule has 0 saturated carbocycles. The van der Waals surface area contributed by atoms with Crippen LogP contribution in [0.25, 0.3) is 0 Å². The Morgan fingerprint density at radius 2 is 2.08 bits per heavy atom. The topological polar surface area (TPSA) is 29.4 Å². The molecule has 0 fully saturated rings. The molecule has 0 aliphatic carbocycles. The van der Waals surface area contributed by atoms with Crippen LogP contribution in [0.1, 0.15) is 5.56 Å². The largest absolute Gasteiger partial charge is 0.235 e.